The molecule has 8 aromatic rings. The van der Waals surface area contributed by atoms with Crippen LogP contribution < -0.4 is 22.6 Å². The van der Waals surface area contributed by atoms with Crippen molar-refractivity contribution in [1.82, 2.24) is 0 Å². The third kappa shape index (κ3) is 8.63. The quantitative estimate of drug-likeness (QED) is 0.105. The van der Waals surface area contributed by atoms with E-state index in [1.807, 2.05) is 117 Å². The van der Waals surface area contributed by atoms with Crippen molar-refractivity contribution in [2.45, 2.75) is 28.5 Å². The fraction of sp³-hybridized carbons (Fsp3) is 0.0370. The highest BCUT2D eigenvalue weighted by atomic mass is 32.2. The van der Waals surface area contributed by atoms with Crippen LogP contribution in [-0.4, -0.2) is 0 Å². The van der Waals surface area contributed by atoms with Crippen LogP contribution in [-0.2, 0) is 4.52 Å². The lowest BCUT2D eigenvalue weighted by molar-refractivity contribution is 0.336. The van der Waals surface area contributed by atoms with Gasteiger partial charge >= 0.3 is 17.2 Å². The molecule has 0 aliphatic carbocycles. The Hall–Kier alpha value is -6.40. The smallest absolute Gasteiger partial charge is 0.408 e. The zero-order valence-electron chi connectivity index (χ0n) is 34.8. The number of allylic oxidation sites excluding steroid dienone is 7. The van der Waals surface area contributed by atoms with E-state index in [4.69, 9.17) is 27.1 Å². The zero-order valence-corrected chi connectivity index (χ0v) is 38.3. The first-order chi connectivity index (χ1) is 31.5. The Bertz CT molecular complexity index is 3130. The summed E-state index contributed by atoms with van der Waals surface area (Å²) >= 11 is 3.27. The molecule has 0 aromatic heterocycles. The third-order valence-corrected chi connectivity index (χ3v) is 15.0. The monoisotopic (exact) mass is 910 g/mol. The van der Waals surface area contributed by atoms with Crippen molar-refractivity contribution in [2.24, 2.45) is 0 Å². The van der Waals surface area contributed by atoms with Crippen molar-refractivity contribution in [3.8, 4) is 39.9 Å². The molecule has 2 aliphatic rings. The molecule has 0 saturated carbocycles. The molecule has 0 fully saturated rings. The van der Waals surface area contributed by atoms with Gasteiger partial charge in [-0.2, -0.15) is 0 Å². The van der Waals surface area contributed by atoms with Gasteiger partial charge < -0.3 is 27.1 Å². The van der Waals surface area contributed by atoms with Crippen LogP contribution in [0.1, 0.15) is 13.8 Å². The Kier molecular flexibility index (Phi) is 12.2. The van der Waals surface area contributed by atoms with Gasteiger partial charge in [-0.15, -0.1) is 0 Å². The van der Waals surface area contributed by atoms with Crippen molar-refractivity contribution in [3.63, 3.8) is 0 Å². The topological polar surface area (TPSA) is 55.4 Å². The summed E-state index contributed by atoms with van der Waals surface area (Å²) in [5.74, 6) is 3.78. The molecule has 314 valence electrons. The standard InChI is InChI=1S/C54H40O6P2S2/c1-4-16-36(3)28-32-47-51(17-5-2)63-52-40-21-9-6-18-37(40)29-33-48(52)58-61(57-47)55-45-26-14-12-24-43(45)44-25-13-15-27-46(44)56-62-59-49-34-30-38-19-7-10-22-41(38)53(49)64-54-42-23-11-8-20-39(42)31-35-50(54)60-62/h4-35H,1H2,2-3H3/b17-5+,32-28-,36-16+,51-47-. The van der Waals surface area contributed by atoms with Gasteiger partial charge in [0.1, 0.15) is 34.5 Å². The number of para-hydroxylation sites is 2. The molecule has 6 nitrogen and oxygen atoms in total. The molecule has 0 bridgehead atoms. The number of fused-ring (bicyclic) bond motifs is 9. The van der Waals surface area contributed by atoms with Gasteiger partial charge in [0.05, 0.1) is 19.6 Å². The zero-order chi connectivity index (χ0) is 43.4. The molecule has 1 atom stereocenters. The van der Waals surface area contributed by atoms with Crippen molar-refractivity contribution >= 4 is 73.0 Å². The predicted molar refractivity (Wildman–Crippen MR) is 267 cm³/mol. The Labute approximate surface area is 383 Å². The summed E-state index contributed by atoms with van der Waals surface area (Å²) in [4.78, 5) is 3.90. The summed E-state index contributed by atoms with van der Waals surface area (Å²) in [6.45, 7) is 7.89. The van der Waals surface area contributed by atoms with Gasteiger partial charge in [-0.1, -0.05) is 187 Å². The average molecular weight is 911 g/mol. The highest BCUT2D eigenvalue weighted by Crippen LogP contribution is 2.57. The number of thioether (sulfide) groups is 1. The Morgan fingerprint density at radius 3 is 1.44 bits per heavy atom. The van der Waals surface area contributed by atoms with Crippen LogP contribution in [0.2, 0.25) is 0 Å². The average Bonchev–Trinajstić information content (AvgIpc) is 3.31. The maximum atomic E-state index is 6.89. The summed E-state index contributed by atoms with van der Waals surface area (Å²) in [6, 6.07) is 53.0. The fourth-order valence-corrected chi connectivity index (χ4v) is 12.2. The van der Waals surface area contributed by atoms with Gasteiger partial charge in [0.25, 0.3) is 0 Å². The second kappa shape index (κ2) is 18.8. The SMILES string of the molecule is C=C/C=C(C)/C=C\C1=C(/C=C/C)Sc2c(ccc3ccccc23)OP(Oc2ccccc2-c2ccccc2OP2Oc3ccc4ccccc4c3Sc3c(ccc4ccccc34)O2)O1. The molecular formula is C54H40O6P2S2. The van der Waals surface area contributed by atoms with Crippen LogP contribution in [0.5, 0.6) is 28.7 Å². The molecule has 0 N–H and O–H groups in total. The largest absolute Gasteiger partial charge is 0.530 e. The fourth-order valence-electron chi connectivity index (χ4n) is 7.47. The molecule has 1 unspecified atom stereocenters. The first kappa shape index (κ1) is 41.6. The van der Waals surface area contributed by atoms with Crippen LogP contribution >= 0.6 is 40.7 Å². The molecule has 0 saturated heterocycles. The second-order valence-electron chi connectivity index (χ2n) is 14.7. The highest BCUT2D eigenvalue weighted by molar-refractivity contribution is 8.03. The number of hydrogen-bond acceptors (Lipinski definition) is 8. The van der Waals surface area contributed by atoms with Gasteiger partial charge in [-0.05, 0) is 88.6 Å². The molecule has 10 rings (SSSR count). The third-order valence-electron chi connectivity index (χ3n) is 10.5. The maximum absolute atomic E-state index is 6.89. The van der Waals surface area contributed by atoms with Gasteiger partial charge in [0.2, 0.25) is 0 Å². The van der Waals surface area contributed by atoms with Crippen molar-refractivity contribution in [1.29, 1.82) is 0 Å². The van der Waals surface area contributed by atoms with Gasteiger partial charge in [0.15, 0.2) is 0 Å². The van der Waals surface area contributed by atoms with E-state index in [1.54, 1.807) is 29.6 Å². The molecule has 0 spiro atoms. The van der Waals surface area contributed by atoms with E-state index >= 15 is 0 Å². The normalized spacial score (nSPS) is 16.6. The molecule has 10 heteroatoms. The van der Waals surface area contributed by atoms with E-state index in [1.165, 1.54) is 0 Å². The molecule has 64 heavy (non-hydrogen) atoms. The van der Waals surface area contributed by atoms with Crippen LogP contribution in [0.25, 0.3) is 43.4 Å². The summed E-state index contributed by atoms with van der Waals surface area (Å²) in [7, 11) is -4.08. The highest BCUT2D eigenvalue weighted by Gasteiger charge is 2.31. The van der Waals surface area contributed by atoms with Crippen LogP contribution in [0, 0.1) is 0 Å². The van der Waals surface area contributed by atoms with Gasteiger partial charge in [-0.3, -0.25) is 0 Å². The minimum atomic E-state index is -2.06. The van der Waals surface area contributed by atoms with E-state index in [-0.39, 0.29) is 0 Å². The van der Waals surface area contributed by atoms with Gasteiger partial charge in [-0.25, -0.2) is 0 Å². The lowest BCUT2D eigenvalue weighted by atomic mass is 10.0. The Balaban J connectivity index is 1.03. The first-order valence-corrected chi connectivity index (χ1v) is 24.5. The molecule has 0 amide bonds. The molecule has 2 aliphatic heterocycles. The van der Waals surface area contributed by atoms with Crippen molar-refractivity contribution in [3.05, 3.63) is 217 Å². The molecule has 8 aromatic carbocycles. The van der Waals surface area contributed by atoms with Crippen molar-refractivity contribution in [2.75, 3.05) is 0 Å². The summed E-state index contributed by atoms with van der Waals surface area (Å²) in [5, 5.41) is 6.62. The minimum absolute atomic E-state index is 0.552. The maximum Gasteiger partial charge on any atom is 0.530 e. The minimum Gasteiger partial charge on any atom is -0.408 e. The van der Waals surface area contributed by atoms with E-state index in [0.29, 0.717) is 34.5 Å². The Morgan fingerprint density at radius 1 is 0.516 bits per heavy atom. The van der Waals surface area contributed by atoms with Crippen molar-refractivity contribution < 1.29 is 27.1 Å². The van der Waals surface area contributed by atoms with Gasteiger partial charge in [0, 0.05) is 11.1 Å². The number of rotatable bonds is 9. The number of benzene rings is 8. The molecular weight excluding hydrogens is 871 g/mol. The summed E-state index contributed by atoms with van der Waals surface area (Å²) in [6.07, 6.45) is 11.8. The molecule has 0 radical (unpaired) electrons. The van der Waals surface area contributed by atoms with Crippen LogP contribution in [0.15, 0.2) is 232 Å². The molecule has 2 heterocycles. The van der Waals surface area contributed by atoms with E-state index in [2.05, 4.69) is 91.5 Å². The summed E-state index contributed by atoms with van der Waals surface area (Å²) in [5.41, 5.74) is 2.57. The number of hydrogen-bond donors (Lipinski definition) is 0. The second-order valence-corrected chi connectivity index (χ2v) is 18.8. The van der Waals surface area contributed by atoms with E-state index in [9.17, 15) is 0 Å². The van der Waals surface area contributed by atoms with Crippen LogP contribution in [0.3, 0.4) is 0 Å². The Morgan fingerprint density at radius 2 is 0.953 bits per heavy atom. The van der Waals surface area contributed by atoms with E-state index < -0.39 is 17.2 Å². The predicted octanol–water partition coefficient (Wildman–Crippen LogP) is 17.3. The lowest BCUT2D eigenvalue weighted by Crippen LogP contribution is -2.07. The van der Waals surface area contributed by atoms with Crippen LogP contribution in [0.4, 0.5) is 0 Å². The van der Waals surface area contributed by atoms with E-state index in [0.717, 1.165) is 68.6 Å². The summed E-state index contributed by atoms with van der Waals surface area (Å²) < 4.78 is 40.8. The first-order valence-electron chi connectivity index (χ1n) is 20.6. The lowest BCUT2D eigenvalue weighted by Gasteiger charge is -2.26.